The van der Waals surface area contributed by atoms with E-state index in [0.29, 0.717) is 17.4 Å². The van der Waals surface area contributed by atoms with Crippen molar-refractivity contribution in [2.24, 2.45) is 5.92 Å². The maximum atomic E-state index is 10.6. The molecule has 0 bridgehead atoms. The van der Waals surface area contributed by atoms with Crippen molar-refractivity contribution >= 4 is 47.8 Å². The van der Waals surface area contributed by atoms with Crippen molar-refractivity contribution in [2.75, 3.05) is 24.1 Å². The van der Waals surface area contributed by atoms with Gasteiger partial charge in [0.05, 0.1) is 22.7 Å². The quantitative estimate of drug-likeness (QED) is 0.729. The highest BCUT2D eigenvalue weighted by Gasteiger charge is 2.13. The lowest BCUT2D eigenvalue weighted by Gasteiger charge is -2.27. The number of thiazole rings is 1. The first-order valence-electron chi connectivity index (χ1n) is 9.67. The van der Waals surface area contributed by atoms with Crippen LogP contribution in [0.25, 0.3) is 12.7 Å². The number of amides is 2. The lowest BCUT2D eigenvalue weighted by atomic mass is 10.0. The van der Waals surface area contributed by atoms with Crippen molar-refractivity contribution in [1.82, 2.24) is 14.9 Å². The number of likely N-dealkylation sites (tertiary alicyclic amines) is 1. The minimum absolute atomic E-state index is 0.110. The second kappa shape index (κ2) is 13.3. The molecule has 1 aliphatic heterocycles. The third kappa shape index (κ3) is 9.47. The number of anilines is 2. The summed E-state index contributed by atoms with van der Waals surface area (Å²) in [5, 5.41) is 3.54. The normalized spacial score (nSPS) is 15.8. The van der Waals surface area contributed by atoms with Gasteiger partial charge in [-0.2, -0.15) is 0 Å². The molecule has 2 aromatic rings. The summed E-state index contributed by atoms with van der Waals surface area (Å²) in [5.74, 6) is 1.09. The van der Waals surface area contributed by atoms with E-state index in [2.05, 4.69) is 35.4 Å². The van der Waals surface area contributed by atoms with Gasteiger partial charge in [0.2, 0.25) is 12.3 Å². The predicted octanol–water partition coefficient (Wildman–Crippen LogP) is 2.33. The van der Waals surface area contributed by atoms with Crippen LogP contribution in [0.3, 0.4) is 0 Å². The zero-order chi connectivity index (χ0) is 22.5. The Morgan fingerprint density at radius 2 is 2.17 bits per heavy atom. The van der Waals surface area contributed by atoms with Gasteiger partial charge < -0.3 is 16.0 Å². The molecule has 1 fully saturated rings. The molecule has 0 radical (unpaired) electrons. The van der Waals surface area contributed by atoms with Gasteiger partial charge in [-0.1, -0.05) is 26.2 Å². The number of carbonyl (C=O) groups is 2. The molecule has 0 aromatic carbocycles. The van der Waals surface area contributed by atoms with Gasteiger partial charge in [-0.25, -0.2) is 9.97 Å². The number of pyridine rings is 1. The number of carbonyl (C=O) groups excluding carboxylic acids is 2. The van der Waals surface area contributed by atoms with E-state index in [-0.39, 0.29) is 5.91 Å². The minimum Gasteiger partial charge on any atom is -0.383 e. The van der Waals surface area contributed by atoms with Gasteiger partial charge in [0.25, 0.3) is 0 Å². The number of nitrogen functional groups attached to an aromatic ring is 1. The van der Waals surface area contributed by atoms with E-state index in [0.717, 1.165) is 34.9 Å². The molecule has 3 heterocycles. The Balaban J connectivity index is 0.000000229. The number of hydrogen-bond acceptors (Lipinski definition) is 6. The zero-order valence-corrected chi connectivity index (χ0v) is 18.7. The monoisotopic (exact) mass is 429 g/mol. The fraction of sp³-hybridized carbons (Fsp3) is 0.364. The van der Waals surface area contributed by atoms with Gasteiger partial charge in [0.1, 0.15) is 5.82 Å². The molecule has 0 spiro atoms. The van der Waals surface area contributed by atoms with Crippen molar-refractivity contribution in [3.63, 3.8) is 0 Å². The highest BCUT2D eigenvalue weighted by molar-refractivity contribution is 7.07. The molecule has 3 rings (SSSR count). The van der Waals surface area contributed by atoms with E-state index in [1.807, 2.05) is 17.9 Å². The maximum Gasteiger partial charge on any atom is 0.221 e. The average Bonchev–Trinajstić information content (AvgIpc) is 3.10. The standard InChI is InChI=1S/C8H11N3O.C7H13NO.C7H7NS/c1-5-3-7(11-6(2)12)4-10-8(5)9;1-7-3-2-4-8(5-7)6-9;1-3-4-7-6(2)9-5-8-7/h3-4H,1-2H3,(H2,9,10)(H,11,12);6-7H,2-5H2,1H3;3-5H,1-2H2/b;;7-4+. The first-order valence-corrected chi connectivity index (χ1v) is 10.5. The van der Waals surface area contributed by atoms with Gasteiger partial charge in [0, 0.05) is 24.5 Å². The van der Waals surface area contributed by atoms with Gasteiger partial charge in [-0.05, 0) is 43.4 Å². The molecule has 8 heteroatoms. The molecule has 2 aromatic heterocycles. The molecule has 3 N–H and O–H groups in total. The maximum absolute atomic E-state index is 10.6. The summed E-state index contributed by atoms with van der Waals surface area (Å²) in [6, 6.07) is 1.78. The Bertz CT molecular complexity index is 941. The first kappa shape index (κ1) is 25.0. The van der Waals surface area contributed by atoms with Crippen molar-refractivity contribution in [3.05, 3.63) is 45.9 Å². The summed E-state index contributed by atoms with van der Waals surface area (Å²) in [6.07, 6.45) is 8.51. The largest absolute Gasteiger partial charge is 0.383 e. The average molecular weight is 430 g/mol. The van der Waals surface area contributed by atoms with E-state index in [4.69, 9.17) is 5.73 Å². The van der Waals surface area contributed by atoms with Crippen LogP contribution in [0, 0.1) is 12.8 Å². The molecule has 162 valence electrons. The molecule has 1 atom stereocenters. The van der Waals surface area contributed by atoms with Gasteiger partial charge >= 0.3 is 0 Å². The summed E-state index contributed by atoms with van der Waals surface area (Å²) in [6.45, 7) is 14.7. The molecule has 0 aliphatic carbocycles. The van der Waals surface area contributed by atoms with Crippen LogP contribution in [0.4, 0.5) is 11.5 Å². The molecule has 0 saturated carbocycles. The number of aromatic nitrogens is 2. The molecule has 30 heavy (non-hydrogen) atoms. The summed E-state index contributed by atoms with van der Waals surface area (Å²) in [4.78, 5) is 30.7. The smallest absolute Gasteiger partial charge is 0.221 e. The molecule has 1 unspecified atom stereocenters. The number of piperidine rings is 1. The Morgan fingerprint density at radius 1 is 1.43 bits per heavy atom. The van der Waals surface area contributed by atoms with Gasteiger partial charge in [-0.3, -0.25) is 9.59 Å². The summed E-state index contributed by atoms with van der Waals surface area (Å²) in [7, 11) is 0. The first-order chi connectivity index (χ1) is 14.3. The van der Waals surface area contributed by atoms with E-state index < -0.39 is 0 Å². The van der Waals surface area contributed by atoms with Crippen LogP contribution >= 0.6 is 11.3 Å². The third-order valence-electron chi connectivity index (χ3n) is 4.22. The zero-order valence-electron chi connectivity index (χ0n) is 17.9. The van der Waals surface area contributed by atoms with E-state index in [9.17, 15) is 9.59 Å². The second-order valence-corrected chi connectivity index (χ2v) is 7.96. The molecule has 7 nitrogen and oxygen atoms in total. The molecule has 1 aliphatic rings. The van der Waals surface area contributed by atoms with Gasteiger partial charge in [0.15, 0.2) is 0 Å². The van der Waals surface area contributed by atoms with Crippen molar-refractivity contribution in [1.29, 1.82) is 0 Å². The molecular formula is C22H31N5O2S. The van der Waals surface area contributed by atoms with Crippen molar-refractivity contribution in [2.45, 2.75) is 33.6 Å². The van der Waals surface area contributed by atoms with Crippen LogP contribution in [-0.4, -0.2) is 40.3 Å². The lowest BCUT2D eigenvalue weighted by molar-refractivity contribution is -0.119. The van der Waals surface area contributed by atoms with Crippen LogP contribution in [0.1, 0.15) is 32.3 Å². The van der Waals surface area contributed by atoms with Crippen LogP contribution in [0.15, 0.2) is 30.4 Å². The molecular weight excluding hydrogens is 398 g/mol. The molecule has 2 amide bonds. The van der Waals surface area contributed by atoms with E-state index in [1.165, 1.54) is 26.0 Å². The fourth-order valence-corrected chi connectivity index (χ4v) is 3.24. The Labute approximate surface area is 182 Å². The summed E-state index contributed by atoms with van der Waals surface area (Å²) < 4.78 is 0.995. The number of hydrogen-bond donors (Lipinski definition) is 2. The Morgan fingerprint density at radius 3 is 2.63 bits per heavy atom. The van der Waals surface area contributed by atoms with Crippen LogP contribution in [-0.2, 0) is 9.59 Å². The van der Waals surface area contributed by atoms with Crippen LogP contribution in [0.5, 0.6) is 0 Å². The van der Waals surface area contributed by atoms with Gasteiger partial charge in [-0.15, -0.1) is 11.3 Å². The number of nitrogens with one attached hydrogen (secondary N) is 1. The number of nitrogens with zero attached hydrogens (tertiary/aromatic N) is 3. The Kier molecular flexibility index (Phi) is 11.1. The van der Waals surface area contributed by atoms with Crippen LogP contribution < -0.4 is 20.9 Å². The summed E-state index contributed by atoms with van der Waals surface area (Å²) >= 11 is 1.54. The van der Waals surface area contributed by atoms with Crippen molar-refractivity contribution < 1.29 is 9.59 Å². The SMILES string of the molecule is C=C/C=c1/ncsc1=C.CC(=O)Nc1cnc(N)c(C)c1.CC1CCCN(C=O)C1. The fourth-order valence-electron chi connectivity index (χ4n) is 2.71. The highest BCUT2D eigenvalue weighted by Crippen LogP contribution is 2.13. The number of allylic oxidation sites excluding steroid dienone is 1. The van der Waals surface area contributed by atoms with E-state index >= 15 is 0 Å². The summed E-state index contributed by atoms with van der Waals surface area (Å²) in [5.41, 5.74) is 8.81. The van der Waals surface area contributed by atoms with Crippen molar-refractivity contribution in [3.8, 4) is 0 Å². The number of rotatable bonds is 3. The number of aryl methyl sites for hydroxylation is 1. The lowest BCUT2D eigenvalue weighted by Crippen LogP contribution is -2.32. The molecule has 1 saturated heterocycles. The number of nitrogens with two attached hydrogens (primary N) is 1. The second-order valence-electron chi connectivity index (χ2n) is 7.02. The van der Waals surface area contributed by atoms with E-state index in [1.54, 1.807) is 29.0 Å². The minimum atomic E-state index is -0.110. The highest BCUT2D eigenvalue weighted by atomic mass is 32.1. The Hall–Kier alpha value is -3.00. The van der Waals surface area contributed by atoms with Crippen LogP contribution in [0.2, 0.25) is 0 Å². The predicted molar refractivity (Wildman–Crippen MR) is 125 cm³/mol. The topological polar surface area (TPSA) is 101 Å². The third-order valence-corrected chi connectivity index (χ3v) is 4.93.